The van der Waals surface area contributed by atoms with E-state index in [9.17, 15) is 0 Å². The number of aromatic amines is 1. The van der Waals surface area contributed by atoms with E-state index in [2.05, 4.69) is 64.7 Å². The Kier molecular flexibility index (Phi) is 6.06. The van der Waals surface area contributed by atoms with Crippen LogP contribution in [0.15, 0.2) is 39.8 Å². The maximum absolute atomic E-state index is 3.48. The summed E-state index contributed by atoms with van der Waals surface area (Å²) in [6.45, 7) is 4.62. The molecule has 1 aliphatic rings. The first-order valence-electron chi connectivity index (χ1n) is 5.96. The third-order valence-corrected chi connectivity index (χ3v) is 22.4. The Bertz CT molecular complexity index is 526. The van der Waals surface area contributed by atoms with Crippen LogP contribution in [0.2, 0.25) is 9.26 Å². The molecule has 1 heterocycles. The third kappa shape index (κ3) is 2.53. The zero-order valence-electron chi connectivity index (χ0n) is 11.5. The summed E-state index contributed by atoms with van der Waals surface area (Å²) in [5.74, 6) is 0. The van der Waals surface area contributed by atoms with E-state index in [0.29, 0.717) is 0 Å². The molecule has 0 bridgehead atoms. The minimum atomic E-state index is -3.04. The predicted octanol–water partition coefficient (Wildman–Crippen LogP) is 4.33. The number of H-pyrrole nitrogens is 1. The largest absolute Gasteiger partial charge is 0.147 e. The van der Waals surface area contributed by atoms with Gasteiger partial charge in [-0.1, -0.05) is 0 Å². The first-order valence-corrected chi connectivity index (χ1v) is 14.6. The van der Waals surface area contributed by atoms with Gasteiger partial charge >= 0.3 is 99.3 Å². The Morgan fingerprint density at radius 1 is 1.22 bits per heavy atom. The fourth-order valence-corrected chi connectivity index (χ4v) is 12.3. The van der Waals surface area contributed by atoms with Gasteiger partial charge in [0.2, 0.25) is 0 Å². The fraction of sp³-hybridized carbons (Fsp3) is 0.357. The molecule has 0 saturated heterocycles. The smallest absolute Gasteiger partial charge is 0.147 e. The first-order chi connectivity index (χ1) is 7.46. The molecule has 0 radical (unpaired) electrons. The summed E-state index contributed by atoms with van der Waals surface area (Å²) in [4.78, 5) is 3.48. The van der Waals surface area contributed by atoms with Gasteiger partial charge in [0, 0.05) is 0 Å². The molecule has 0 amide bonds. The molecule has 2 rings (SSSR count). The molecule has 1 aromatic heterocycles. The molecule has 18 heavy (non-hydrogen) atoms. The van der Waals surface area contributed by atoms with Crippen LogP contribution in [0.4, 0.5) is 0 Å². The topological polar surface area (TPSA) is 15.8 Å². The van der Waals surface area contributed by atoms with Gasteiger partial charge in [-0.25, -0.2) is 0 Å². The van der Waals surface area contributed by atoms with Crippen molar-refractivity contribution in [1.82, 2.24) is 4.98 Å². The molecule has 1 aliphatic carbocycles. The minimum Gasteiger partial charge on any atom is -0.147 e. The molecular weight excluding hydrogens is 344 g/mol. The standard InChI is InChI=1S/C5H5.C4H4N.C3H6.2CH3.2ClH.Zr/c2*1-2-4-5-3-1;1-3-2;;;;;/h1-3H,4H2;1-3,5H;1-2H3;2*1H3;2*1H;. The quantitative estimate of drug-likeness (QED) is 0.801. The summed E-state index contributed by atoms with van der Waals surface area (Å²) < 4.78 is 9.84. The number of hydrogen-bond donors (Lipinski definition) is 1. The Hall–Kier alpha value is 0.0931. The normalized spacial score (nSPS) is 14.6. The molecule has 102 valence electrons. The molecule has 0 aliphatic heterocycles. The molecule has 1 N–H and O–H groups in total. The SMILES string of the molecule is C[C](C)=[Zr]([CH3])([CH3])([C]1=CC=CC1)[c]1ccc[nH]1.Cl.Cl. The molecule has 1 aromatic rings. The van der Waals surface area contributed by atoms with Crippen molar-refractivity contribution in [2.75, 3.05) is 0 Å². The van der Waals surface area contributed by atoms with Crippen LogP contribution in [0.3, 0.4) is 0 Å². The summed E-state index contributed by atoms with van der Waals surface area (Å²) in [5.41, 5.74) is 0. The number of hydrogen-bond acceptors (Lipinski definition) is 0. The molecule has 0 atom stereocenters. The van der Waals surface area contributed by atoms with Crippen LogP contribution in [0, 0.1) is 0 Å². The van der Waals surface area contributed by atoms with Crippen molar-refractivity contribution < 1.29 is 18.3 Å². The summed E-state index contributed by atoms with van der Waals surface area (Å²) in [6, 6.07) is 4.40. The van der Waals surface area contributed by atoms with Crippen molar-refractivity contribution >= 4 is 31.4 Å². The van der Waals surface area contributed by atoms with Gasteiger partial charge in [-0.15, -0.1) is 24.8 Å². The van der Waals surface area contributed by atoms with Gasteiger partial charge in [-0.3, -0.25) is 0 Å². The van der Waals surface area contributed by atoms with Crippen LogP contribution in [-0.2, 0) is 18.3 Å². The molecule has 0 saturated carbocycles. The van der Waals surface area contributed by atoms with Crippen LogP contribution in [0.25, 0.3) is 0 Å². The second-order valence-corrected chi connectivity index (χ2v) is 22.8. The number of halogens is 2. The number of nitrogens with one attached hydrogen (secondary N) is 1. The molecule has 0 aromatic carbocycles. The Morgan fingerprint density at radius 3 is 2.28 bits per heavy atom. The van der Waals surface area contributed by atoms with Crippen molar-refractivity contribution in [3.8, 4) is 0 Å². The average Bonchev–Trinajstić information content (AvgIpc) is 2.92. The molecule has 0 fully saturated rings. The fourth-order valence-electron chi connectivity index (χ4n) is 2.56. The maximum Gasteiger partial charge on any atom is -0.147 e. The zero-order valence-corrected chi connectivity index (χ0v) is 15.6. The van der Waals surface area contributed by atoms with Crippen LogP contribution in [0.1, 0.15) is 20.3 Å². The molecule has 4 heteroatoms. The van der Waals surface area contributed by atoms with Gasteiger partial charge < -0.3 is 0 Å². The summed E-state index contributed by atoms with van der Waals surface area (Å²) in [7, 11) is 0. The molecule has 0 unspecified atom stereocenters. The third-order valence-electron chi connectivity index (χ3n) is 4.64. The van der Waals surface area contributed by atoms with E-state index >= 15 is 0 Å². The van der Waals surface area contributed by atoms with Crippen molar-refractivity contribution in [2.24, 2.45) is 0 Å². The van der Waals surface area contributed by atoms with Gasteiger partial charge in [0.1, 0.15) is 0 Å². The second-order valence-electron chi connectivity index (χ2n) is 5.78. The summed E-state index contributed by atoms with van der Waals surface area (Å²) in [6.07, 6.45) is 10.0. The van der Waals surface area contributed by atoms with E-state index < -0.39 is 18.3 Å². The van der Waals surface area contributed by atoms with Crippen LogP contribution >= 0.6 is 24.8 Å². The van der Waals surface area contributed by atoms with Gasteiger partial charge in [0.05, 0.1) is 0 Å². The van der Waals surface area contributed by atoms with Crippen molar-refractivity contribution in [3.63, 3.8) is 0 Å². The van der Waals surface area contributed by atoms with E-state index in [-0.39, 0.29) is 24.8 Å². The van der Waals surface area contributed by atoms with E-state index in [4.69, 9.17) is 0 Å². The van der Waals surface area contributed by atoms with E-state index in [1.807, 2.05) is 0 Å². The Morgan fingerprint density at radius 2 is 1.89 bits per heavy atom. The minimum absolute atomic E-state index is 0. The van der Waals surface area contributed by atoms with Crippen molar-refractivity contribution in [3.05, 3.63) is 39.8 Å². The average molecular weight is 367 g/mol. The summed E-state index contributed by atoms with van der Waals surface area (Å²) in [5, 5.41) is 0. The van der Waals surface area contributed by atoms with Crippen LogP contribution in [-0.4, -0.2) is 8.19 Å². The van der Waals surface area contributed by atoms with Gasteiger partial charge in [-0.05, 0) is 0 Å². The second kappa shape index (κ2) is 6.03. The Labute approximate surface area is 123 Å². The van der Waals surface area contributed by atoms with E-state index in [1.54, 1.807) is 6.49 Å². The van der Waals surface area contributed by atoms with E-state index in [0.717, 1.165) is 6.42 Å². The van der Waals surface area contributed by atoms with Crippen LogP contribution in [0.5, 0.6) is 0 Å². The number of allylic oxidation sites excluding steroid dienone is 4. The van der Waals surface area contributed by atoms with Gasteiger partial charge in [0.25, 0.3) is 0 Å². The number of rotatable bonds is 2. The van der Waals surface area contributed by atoms with E-state index in [1.165, 1.54) is 3.40 Å². The molecular formula is C14H23Cl2NZr. The number of aromatic nitrogens is 1. The molecule has 1 nitrogen and oxygen atoms in total. The van der Waals surface area contributed by atoms with Gasteiger partial charge in [-0.2, -0.15) is 0 Å². The predicted molar refractivity (Wildman–Crippen MR) is 84.8 cm³/mol. The zero-order chi connectivity index (χ0) is 11.8. The molecule has 0 spiro atoms. The van der Waals surface area contributed by atoms with Gasteiger partial charge in [0.15, 0.2) is 0 Å². The summed E-state index contributed by atoms with van der Waals surface area (Å²) >= 11 is -3.04. The van der Waals surface area contributed by atoms with Crippen molar-refractivity contribution in [2.45, 2.75) is 29.5 Å². The van der Waals surface area contributed by atoms with Crippen LogP contribution < -0.4 is 3.40 Å². The Balaban J connectivity index is 0.00000144. The maximum atomic E-state index is 3.48. The monoisotopic (exact) mass is 365 g/mol. The van der Waals surface area contributed by atoms with Crippen molar-refractivity contribution in [1.29, 1.82) is 0 Å². The first kappa shape index (κ1) is 18.1.